The fourth-order valence-corrected chi connectivity index (χ4v) is 3.79. The van der Waals surface area contributed by atoms with Crippen LogP contribution >= 0.6 is 0 Å². The number of furan rings is 1. The van der Waals surface area contributed by atoms with Gasteiger partial charge < -0.3 is 9.52 Å². The second kappa shape index (κ2) is 6.26. The normalized spacial score (nSPS) is 18.8. The van der Waals surface area contributed by atoms with Crippen LogP contribution in [-0.4, -0.2) is 48.9 Å². The number of piperidine rings is 1. The molecule has 0 radical (unpaired) electrons. The minimum atomic E-state index is -3.44. The van der Waals surface area contributed by atoms with E-state index in [1.807, 2.05) is 6.92 Å². The van der Waals surface area contributed by atoms with Crippen LogP contribution in [0.2, 0.25) is 0 Å². The first-order chi connectivity index (χ1) is 9.45. The molecule has 0 aromatic carbocycles. The molecular formula is C13H22N2O4S. The van der Waals surface area contributed by atoms with Gasteiger partial charge in [0.25, 0.3) is 10.2 Å². The minimum Gasteiger partial charge on any atom is -0.469 e. The van der Waals surface area contributed by atoms with E-state index in [1.54, 1.807) is 19.4 Å². The molecule has 2 rings (SSSR count). The van der Waals surface area contributed by atoms with Crippen molar-refractivity contribution in [3.8, 4) is 0 Å². The van der Waals surface area contributed by atoms with E-state index in [1.165, 1.54) is 8.61 Å². The number of hydrogen-bond donors (Lipinski definition) is 1. The fraction of sp³-hybridized carbons (Fsp3) is 0.692. The lowest BCUT2D eigenvalue weighted by atomic mass is 10.00. The molecule has 1 fully saturated rings. The van der Waals surface area contributed by atoms with Crippen molar-refractivity contribution in [1.82, 2.24) is 8.61 Å². The Bertz CT molecular complexity index is 532. The lowest BCUT2D eigenvalue weighted by Gasteiger charge is -2.33. The monoisotopic (exact) mass is 302 g/mol. The number of aliphatic hydroxyl groups excluding tert-OH is 1. The third-order valence-electron chi connectivity index (χ3n) is 3.91. The molecular weight excluding hydrogens is 280 g/mol. The Balaban J connectivity index is 2.01. The summed E-state index contributed by atoms with van der Waals surface area (Å²) in [6, 6.07) is 1.79. The van der Waals surface area contributed by atoms with Crippen LogP contribution in [0.1, 0.15) is 24.2 Å². The zero-order valence-electron chi connectivity index (χ0n) is 11.9. The summed E-state index contributed by atoms with van der Waals surface area (Å²) in [6.45, 7) is 3.22. The van der Waals surface area contributed by atoms with E-state index < -0.39 is 10.2 Å². The predicted molar refractivity (Wildman–Crippen MR) is 75.2 cm³/mol. The first-order valence-electron chi connectivity index (χ1n) is 6.80. The summed E-state index contributed by atoms with van der Waals surface area (Å²) < 4.78 is 33.0. The number of aryl methyl sites for hydroxylation is 1. The van der Waals surface area contributed by atoms with Crippen molar-refractivity contribution in [3.63, 3.8) is 0 Å². The number of aliphatic hydroxyl groups is 1. The molecule has 1 aliphatic rings. The summed E-state index contributed by atoms with van der Waals surface area (Å²) in [5.74, 6) is 0.967. The van der Waals surface area contributed by atoms with Gasteiger partial charge >= 0.3 is 0 Å². The molecule has 1 N–H and O–H groups in total. The van der Waals surface area contributed by atoms with Gasteiger partial charge in [0.1, 0.15) is 5.76 Å². The summed E-state index contributed by atoms with van der Waals surface area (Å²) in [7, 11) is -1.86. The molecule has 0 atom stereocenters. The topological polar surface area (TPSA) is 74.0 Å². The number of nitrogens with zero attached hydrogens (tertiary/aromatic N) is 2. The van der Waals surface area contributed by atoms with Gasteiger partial charge in [0, 0.05) is 38.9 Å². The van der Waals surface area contributed by atoms with Crippen LogP contribution in [0.4, 0.5) is 0 Å². The van der Waals surface area contributed by atoms with E-state index in [0.717, 1.165) is 11.3 Å². The quantitative estimate of drug-likeness (QED) is 0.879. The molecule has 114 valence electrons. The van der Waals surface area contributed by atoms with Gasteiger partial charge in [0.05, 0.1) is 6.26 Å². The van der Waals surface area contributed by atoms with E-state index in [9.17, 15) is 8.42 Å². The maximum atomic E-state index is 12.5. The van der Waals surface area contributed by atoms with Gasteiger partial charge in [-0.1, -0.05) is 0 Å². The molecule has 1 aliphatic heterocycles. The molecule has 7 heteroatoms. The number of rotatable bonds is 5. The Kier molecular flexibility index (Phi) is 4.85. The van der Waals surface area contributed by atoms with E-state index in [2.05, 4.69) is 0 Å². The molecule has 2 heterocycles. The standard InChI is InChI=1S/C13H22N2O4S/c1-11-13(5-8-19-11)9-14(2)20(17,18)15-6-3-12(10-16)4-7-15/h5,8,12,16H,3-4,6-7,9-10H2,1-2H3. The molecule has 1 aromatic rings. The Labute approximate surface area is 120 Å². The van der Waals surface area contributed by atoms with Crippen LogP contribution in [0.25, 0.3) is 0 Å². The van der Waals surface area contributed by atoms with Crippen molar-refractivity contribution in [3.05, 3.63) is 23.7 Å². The molecule has 0 unspecified atom stereocenters. The van der Waals surface area contributed by atoms with Gasteiger partial charge in [-0.05, 0) is 31.7 Å². The maximum Gasteiger partial charge on any atom is 0.282 e. The van der Waals surface area contributed by atoms with E-state index in [-0.39, 0.29) is 12.5 Å². The number of hydrogen-bond acceptors (Lipinski definition) is 4. The third-order valence-corrected chi connectivity index (χ3v) is 5.85. The van der Waals surface area contributed by atoms with Gasteiger partial charge in [-0.2, -0.15) is 17.0 Å². The Hall–Kier alpha value is -0.890. The van der Waals surface area contributed by atoms with Gasteiger partial charge in [0.2, 0.25) is 0 Å². The van der Waals surface area contributed by atoms with Gasteiger partial charge in [0.15, 0.2) is 0 Å². The highest BCUT2D eigenvalue weighted by atomic mass is 32.2. The SMILES string of the molecule is Cc1occc1CN(C)S(=O)(=O)N1CCC(CO)CC1. The molecule has 1 aromatic heterocycles. The molecule has 0 amide bonds. The molecule has 20 heavy (non-hydrogen) atoms. The van der Waals surface area contributed by atoms with Gasteiger partial charge in [-0.25, -0.2) is 0 Å². The lowest BCUT2D eigenvalue weighted by molar-refractivity contribution is 0.166. The highest BCUT2D eigenvalue weighted by Crippen LogP contribution is 2.22. The summed E-state index contributed by atoms with van der Waals surface area (Å²) in [4.78, 5) is 0. The van der Waals surface area contributed by atoms with Crippen molar-refractivity contribution < 1.29 is 17.9 Å². The van der Waals surface area contributed by atoms with Crippen molar-refractivity contribution in [1.29, 1.82) is 0 Å². The van der Waals surface area contributed by atoms with Gasteiger partial charge in [-0.15, -0.1) is 0 Å². The zero-order valence-corrected chi connectivity index (χ0v) is 12.8. The molecule has 0 bridgehead atoms. The van der Waals surface area contributed by atoms with Gasteiger partial charge in [-0.3, -0.25) is 0 Å². The Morgan fingerprint density at radius 1 is 1.45 bits per heavy atom. The van der Waals surface area contributed by atoms with Crippen LogP contribution in [0.5, 0.6) is 0 Å². The maximum absolute atomic E-state index is 12.5. The van der Waals surface area contributed by atoms with E-state index in [0.29, 0.717) is 32.5 Å². The van der Waals surface area contributed by atoms with Crippen LogP contribution in [-0.2, 0) is 16.8 Å². The summed E-state index contributed by atoms with van der Waals surface area (Å²) in [6.07, 6.45) is 3.00. The van der Waals surface area contributed by atoms with Crippen molar-refractivity contribution in [2.45, 2.75) is 26.3 Å². The van der Waals surface area contributed by atoms with Crippen molar-refractivity contribution in [2.24, 2.45) is 5.92 Å². The lowest BCUT2D eigenvalue weighted by Crippen LogP contribution is -2.45. The smallest absolute Gasteiger partial charge is 0.282 e. The highest BCUT2D eigenvalue weighted by Gasteiger charge is 2.31. The Morgan fingerprint density at radius 3 is 2.60 bits per heavy atom. The van der Waals surface area contributed by atoms with Crippen LogP contribution in [0, 0.1) is 12.8 Å². The van der Waals surface area contributed by atoms with Crippen LogP contribution in [0.15, 0.2) is 16.7 Å². The largest absolute Gasteiger partial charge is 0.469 e. The van der Waals surface area contributed by atoms with Crippen molar-refractivity contribution >= 4 is 10.2 Å². The molecule has 6 nitrogen and oxygen atoms in total. The zero-order chi connectivity index (χ0) is 14.8. The second-order valence-corrected chi connectivity index (χ2v) is 7.33. The molecule has 1 saturated heterocycles. The summed E-state index contributed by atoms with van der Waals surface area (Å²) in [5, 5.41) is 9.10. The average molecular weight is 302 g/mol. The summed E-state index contributed by atoms with van der Waals surface area (Å²) >= 11 is 0. The van der Waals surface area contributed by atoms with Crippen molar-refractivity contribution in [2.75, 3.05) is 26.7 Å². The molecule has 0 saturated carbocycles. The third kappa shape index (κ3) is 3.22. The first kappa shape index (κ1) is 15.5. The Morgan fingerprint density at radius 2 is 2.10 bits per heavy atom. The predicted octanol–water partition coefficient (Wildman–Crippen LogP) is 0.969. The highest BCUT2D eigenvalue weighted by molar-refractivity contribution is 7.86. The van der Waals surface area contributed by atoms with Crippen LogP contribution < -0.4 is 0 Å². The van der Waals surface area contributed by atoms with E-state index in [4.69, 9.17) is 9.52 Å². The summed E-state index contributed by atoms with van der Waals surface area (Å²) in [5.41, 5.74) is 0.876. The second-order valence-electron chi connectivity index (χ2n) is 5.29. The minimum absolute atomic E-state index is 0.137. The van der Waals surface area contributed by atoms with Crippen LogP contribution in [0.3, 0.4) is 0 Å². The molecule has 0 spiro atoms. The van der Waals surface area contributed by atoms with E-state index >= 15 is 0 Å². The first-order valence-corrected chi connectivity index (χ1v) is 8.20. The average Bonchev–Trinajstić information content (AvgIpc) is 2.84. The fourth-order valence-electron chi connectivity index (χ4n) is 2.42. The molecule has 0 aliphatic carbocycles.